The topological polar surface area (TPSA) is 69.2 Å². The predicted molar refractivity (Wildman–Crippen MR) is 59.2 cm³/mol. The Hall–Kier alpha value is -0.240. The average molecular weight is 247 g/mol. The van der Waals surface area contributed by atoms with Gasteiger partial charge < -0.3 is 24.2 Å². The summed E-state index contributed by atoms with van der Waals surface area (Å²) in [5.41, 5.74) is 2.90. The van der Waals surface area contributed by atoms with Crippen LogP contribution in [0.4, 0.5) is 0 Å². The first-order valence-corrected chi connectivity index (χ1v) is 5.96. The van der Waals surface area contributed by atoms with E-state index in [2.05, 4.69) is 12.4 Å². The summed E-state index contributed by atoms with van der Waals surface area (Å²) in [6.45, 7) is 2.38. The molecular formula is C11H21NO5. The molecule has 100 valence electrons. The lowest BCUT2D eigenvalue weighted by atomic mass is 9.76. The third kappa shape index (κ3) is 1.99. The van der Waals surface area contributed by atoms with Gasteiger partial charge in [-0.3, -0.25) is 0 Å². The van der Waals surface area contributed by atoms with Gasteiger partial charge in [0.2, 0.25) is 0 Å². The molecule has 3 saturated heterocycles. The lowest BCUT2D eigenvalue weighted by Crippen LogP contribution is -2.77. The van der Waals surface area contributed by atoms with Gasteiger partial charge in [-0.2, -0.15) is 5.48 Å². The van der Waals surface area contributed by atoms with Gasteiger partial charge in [-0.05, 0) is 6.42 Å². The molecule has 0 amide bonds. The minimum absolute atomic E-state index is 0.000926. The van der Waals surface area contributed by atoms with Crippen molar-refractivity contribution in [1.29, 1.82) is 0 Å². The normalized spacial score (nSPS) is 44.5. The van der Waals surface area contributed by atoms with Gasteiger partial charge in [0.15, 0.2) is 5.79 Å². The number of hydrogen-bond acceptors (Lipinski definition) is 6. The van der Waals surface area contributed by atoms with Gasteiger partial charge in [0, 0.05) is 13.0 Å². The molecule has 3 heterocycles. The Balaban J connectivity index is 2.11. The van der Waals surface area contributed by atoms with Crippen molar-refractivity contribution < 1.29 is 24.2 Å². The van der Waals surface area contributed by atoms with Crippen LogP contribution in [0.1, 0.15) is 13.3 Å². The molecule has 3 fully saturated rings. The highest BCUT2D eigenvalue weighted by Crippen LogP contribution is 2.49. The molecular weight excluding hydrogens is 226 g/mol. The third-order valence-electron chi connectivity index (χ3n) is 3.65. The number of nitrogens with one attached hydrogen (secondary N) is 1. The van der Waals surface area contributed by atoms with Crippen LogP contribution in [-0.2, 0) is 19.0 Å². The number of hydrogen-bond donors (Lipinski definition) is 2. The Morgan fingerprint density at radius 3 is 2.65 bits per heavy atom. The lowest BCUT2D eigenvalue weighted by Gasteiger charge is -2.62. The third-order valence-corrected chi connectivity index (χ3v) is 3.65. The summed E-state index contributed by atoms with van der Waals surface area (Å²) in [6.07, 6.45) is 0.724. The maximum absolute atomic E-state index is 9.45. The highest BCUT2D eigenvalue weighted by Gasteiger charge is 2.64. The Bertz CT molecular complexity index is 262. The predicted octanol–water partition coefficient (Wildman–Crippen LogP) is -0.335. The Morgan fingerprint density at radius 1 is 1.35 bits per heavy atom. The van der Waals surface area contributed by atoms with Gasteiger partial charge in [0.25, 0.3) is 0 Å². The van der Waals surface area contributed by atoms with Crippen molar-refractivity contribution in [2.45, 2.75) is 37.4 Å². The highest BCUT2D eigenvalue weighted by molar-refractivity contribution is 5.07. The molecule has 0 aliphatic carbocycles. The molecule has 2 N–H and O–H groups in total. The molecule has 0 aromatic rings. The average Bonchev–Trinajstić information content (AvgIpc) is 2.31. The second-order valence-corrected chi connectivity index (χ2v) is 4.53. The fraction of sp³-hybridized carbons (Fsp3) is 1.00. The van der Waals surface area contributed by atoms with Crippen LogP contribution >= 0.6 is 0 Å². The zero-order chi connectivity index (χ0) is 12.5. The number of hydroxylamine groups is 1. The van der Waals surface area contributed by atoms with Gasteiger partial charge in [0.05, 0.1) is 32.5 Å². The Labute approximate surface area is 101 Å². The maximum Gasteiger partial charge on any atom is 0.197 e. The molecule has 0 aromatic heterocycles. The zero-order valence-corrected chi connectivity index (χ0v) is 10.5. The van der Waals surface area contributed by atoms with E-state index in [1.165, 1.54) is 0 Å². The standard InChI is InChI=1S/C11H21NO5/c1-4-7-10-9(12-15-3)8(5-14-2)16-11(7,6-13)17-10/h7-10,12-13H,4-6H2,1-3H3. The fourth-order valence-corrected chi connectivity index (χ4v) is 2.87. The quantitative estimate of drug-likeness (QED) is 0.626. The van der Waals surface area contributed by atoms with E-state index >= 15 is 0 Å². The van der Waals surface area contributed by atoms with Crippen molar-refractivity contribution >= 4 is 0 Å². The first-order valence-electron chi connectivity index (χ1n) is 5.96. The summed E-state index contributed by atoms with van der Waals surface area (Å²) in [4.78, 5) is 4.98. The van der Waals surface area contributed by atoms with Crippen LogP contribution in [0.3, 0.4) is 0 Å². The minimum Gasteiger partial charge on any atom is -0.391 e. The number of fused-ring (bicyclic) bond motifs is 2. The van der Waals surface area contributed by atoms with E-state index in [1.807, 2.05) is 0 Å². The van der Waals surface area contributed by atoms with Crippen LogP contribution in [0, 0.1) is 5.92 Å². The van der Waals surface area contributed by atoms with Crippen molar-refractivity contribution in [3.63, 3.8) is 0 Å². The van der Waals surface area contributed by atoms with E-state index in [0.717, 1.165) is 6.42 Å². The number of aliphatic hydroxyl groups is 1. The van der Waals surface area contributed by atoms with Gasteiger partial charge in [-0.15, -0.1) is 0 Å². The Kier molecular flexibility index (Phi) is 4.02. The fourth-order valence-electron chi connectivity index (χ4n) is 2.87. The molecule has 0 spiro atoms. The maximum atomic E-state index is 9.45. The van der Waals surface area contributed by atoms with Gasteiger partial charge >= 0.3 is 0 Å². The summed E-state index contributed by atoms with van der Waals surface area (Å²) >= 11 is 0. The second-order valence-electron chi connectivity index (χ2n) is 4.53. The van der Waals surface area contributed by atoms with E-state index in [1.54, 1.807) is 14.2 Å². The lowest BCUT2D eigenvalue weighted by molar-refractivity contribution is -0.456. The molecule has 0 radical (unpaired) electrons. The summed E-state index contributed by atoms with van der Waals surface area (Å²) in [6, 6.07) is -0.0710. The van der Waals surface area contributed by atoms with Crippen LogP contribution < -0.4 is 5.48 Å². The number of aliphatic hydroxyl groups excluding tert-OH is 1. The van der Waals surface area contributed by atoms with E-state index in [0.29, 0.717) is 6.61 Å². The smallest absolute Gasteiger partial charge is 0.197 e. The van der Waals surface area contributed by atoms with Crippen molar-refractivity contribution in [3.05, 3.63) is 0 Å². The van der Waals surface area contributed by atoms with Crippen molar-refractivity contribution in [2.24, 2.45) is 5.92 Å². The molecule has 0 aromatic carbocycles. The van der Waals surface area contributed by atoms with Crippen molar-refractivity contribution in [3.8, 4) is 0 Å². The molecule has 0 saturated carbocycles. The molecule has 5 atom stereocenters. The molecule has 3 rings (SSSR count). The second kappa shape index (κ2) is 5.17. The van der Waals surface area contributed by atoms with Crippen LogP contribution in [0.2, 0.25) is 0 Å². The minimum atomic E-state index is -0.839. The van der Waals surface area contributed by atoms with Crippen molar-refractivity contribution in [2.75, 3.05) is 27.4 Å². The van der Waals surface area contributed by atoms with E-state index in [9.17, 15) is 5.11 Å². The van der Waals surface area contributed by atoms with Crippen molar-refractivity contribution in [1.82, 2.24) is 5.48 Å². The first-order chi connectivity index (χ1) is 8.22. The Morgan fingerprint density at radius 2 is 2.12 bits per heavy atom. The summed E-state index contributed by atoms with van der Waals surface area (Å²) in [7, 11) is 3.19. The van der Waals surface area contributed by atoms with Crippen LogP contribution in [0.5, 0.6) is 0 Å². The number of ether oxygens (including phenoxy) is 3. The molecule has 6 nitrogen and oxygen atoms in total. The summed E-state index contributed by atoms with van der Waals surface area (Å²) in [5.74, 6) is -0.651. The van der Waals surface area contributed by atoms with Crippen LogP contribution in [0.15, 0.2) is 0 Å². The molecule has 2 bridgehead atoms. The molecule has 3 aliphatic heterocycles. The molecule has 3 aliphatic rings. The largest absolute Gasteiger partial charge is 0.391 e. The zero-order valence-electron chi connectivity index (χ0n) is 10.5. The molecule has 5 unspecified atom stereocenters. The SMILES string of the molecule is CCC1C2OC1(CO)OC(COC)C2NOC. The first kappa shape index (κ1) is 13.2. The van der Waals surface area contributed by atoms with Crippen LogP contribution in [-0.4, -0.2) is 56.6 Å². The summed E-state index contributed by atoms with van der Waals surface area (Å²) in [5, 5.41) is 9.45. The van der Waals surface area contributed by atoms with E-state index in [-0.39, 0.29) is 30.8 Å². The van der Waals surface area contributed by atoms with E-state index < -0.39 is 5.79 Å². The monoisotopic (exact) mass is 247 g/mol. The van der Waals surface area contributed by atoms with Gasteiger partial charge in [0.1, 0.15) is 6.10 Å². The van der Waals surface area contributed by atoms with Gasteiger partial charge in [-0.25, -0.2) is 0 Å². The van der Waals surface area contributed by atoms with Crippen LogP contribution in [0.25, 0.3) is 0 Å². The van der Waals surface area contributed by atoms with Gasteiger partial charge in [-0.1, -0.05) is 6.92 Å². The highest BCUT2D eigenvalue weighted by atomic mass is 16.8. The molecule has 6 heteroatoms. The summed E-state index contributed by atoms with van der Waals surface area (Å²) < 4.78 is 16.7. The van der Waals surface area contributed by atoms with E-state index in [4.69, 9.17) is 19.0 Å². The number of rotatable bonds is 6. The molecule has 17 heavy (non-hydrogen) atoms. The number of methoxy groups -OCH3 is 1.